The molecule has 0 radical (unpaired) electrons. The van der Waals surface area contributed by atoms with Crippen LogP contribution in [-0.4, -0.2) is 5.91 Å². The van der Waals surface area contributed by atoms with E-state index >= 15 is 0 Å². The maximum Gasteiger partial charge on any atom is 0.243 e. The van der Waals surface area contributed by atoms with Gasteiger partial charge < -0.3 is 5.32 Å². The monoisotopic (exact) mass is 343 g/mol. The van der Waals surface area contributed by atoms with Gasteiger partial charge in [0.25, 0.3) is 0 Å². The van der Waals surface area contributed by atoms with E-state index in [4.69, 9.17) is 0 Å². The second kappa shape index (κ2) is 15.9. The number of rotatable bonds is 15. The van der Waals surface area contributed by atoms with E-state index in [2.05, 4.69) is 12.2 Å². The molecule has 0 bridgehead atoms. The Balaban J connectivity index is 1.87. The van der Waals surface area contributed by atoms with Crippen molar-refractivity contribution in [2.24, 2.45) is 0 Å². The predicted octanol–water partition coefficient (Wildman–Crippen LogP) is 6.56. The Morgan fingerprint density at radius 2 is 1.40 bits per heavy atom. The van der Waals surface area contributed by atoms with Gasteiger partial charge in [-0.05, 0) is 24.5 Å². The summed E-state index contributed by atoms with van der Waals surface area (Å²) in [5, 5.41) is 2.92. The molecule has 0 aliphatic rings. The van der Waals surface area contributed by atoms with Crippen LogP contribution in [0.25, 0.3) is 0 Å². The highest BCUT2D eigenvalue weighted by Gasteiger charge is 1.96. The number of hydrogen-bond acceptors (Lipinski definition) is 1. The first-order valence-electron chi connectivity index (χ1n) is 10.3. The van der Waals surface area contributed by atoms with Gasteiger partial charge >= 0.3 is 0 Å². The fourth-order valence-corrected chi connectivity index (χ4v) is 2.96. The number of carbonyl (C=O) groups excluding carboxylic acids is 1. The van der Waals surface area contributed by atoms with E-state index in [0.717, 1.165) is 12.0 Å². The van der Waals surface area contributed by atoms with Crippen molar-refractivity contribution < 1.29 is 4.79 Å². The van der Waals surface area contributed by atoms with Crippen LogP contribution in [0.15, 0.2) is 42.5 Å². The topological polar surface area (TPSA) is 29.1 Å². The molecule has 0 atom stereocenters. The molecular weight excluding hydrogens is 306 g/mol. The molecule has 0 saturated heterocycles. The van der Waals surface area contributed by atoms with Gasteiger partial charge in [-0.2, -0.15) is 0 Å². The number of benzene rings is 1. The van der Waals surface area contributed by atoms with Crippen LogP contribution in [-0.2, 0) is 11.3 Å². The highest BCUT2D eigenvalue weighted by Crippen LogP contribution is 2.12. The minimum Gasteiger partial charge on any atom is -0.348 e. The van der Waals surface area contributed by atoms with Crippen molar-refractivity contribution >= 4 is 5.91 Å². The summed E-state index contributed by atoms with van der Waals surface area (Å²) in [7, 11) is 0. The van der Waals surface area contributed by atoms with Crippen molar-refractivity contribution in [3.63, 3.8) is 0 Å². The molecule has 0 aliphatic carbocycles. The lowest BCUT2D eigenvalue weighted by molar-refractivity contribution is -0.116. The summed E-state index contributed by atoms with van der Waals surface area (Å²) in [6, 6.07) is 10.0. The molecule has 0 fully saturated rings. The van der Waals surface area contributed by atoms with Crippen LogP contribution in [0, 0.1) is 0 Å². The predicted molar refractivity (Wildman–Crippen MR) is 109 cm³/mol. The van der Waals surface area contributed by atoms with Crippen molar-refractivity contribution in [3.05, 3.63) is 48.0 Å². The average Bonchev–Trinajstić information content (AvgIpc) is 2.64. The van der Waals surface area contributed by atoms with Crippen LogP contribution < -0.4 is 5.32 Å². The van der Waals surface area contributed by atoms with Crippen molar-refractivity contribution in [3.8, 4) is 0 Å². The number of amides is 1. The first-order valence-corrected chi connectivity index (χ1v) is 10.3. The van der Waals surface area contributed by atoms with Crippen molar-refractivity contribution in [2.45, 2.75) is 90.5 Å². The third-order valence-electron chi connectivity index (χ3n) is 4.55. The fourth-order valence-electron chi connectivity index (χ4n) is 2.96. The molecule has 1 aromatic rings. The van der Waals surface area contributed by atoms with Crippen LogP contribution in [0.1, 0.15) is 89.5 Å². The third-order valence-corrected chi connectivity index (χ3v) is 4.55. The van der Waals surface area contributed by atoms with Crippen molar-refractivity contribution in [1.29, 1.82) is 0 Å². The highest BCUT2D eigenvalue weighted by molar-refractivity contribution is 5.87. The van der Waals surface area contributed by atoms with E-state index in [0.29, 0.717) is 6.54 Å². The Kier molecular flexibility index (Phi) is 13.7. The van der Waals surface area contributed by atoms with Crippen LogP contribution in [0.4, 0.5) is 0 Å². The summed E-state index contributed by atoms with van der Waals surface area (Å²) in [4.78, 5) is 11.7. The molecule has 0 aliphatic heterocycles. The summed E-state index contributed by atoms with van der Waals surface area (Å²) in [5.74, 6) is 0.00641. The fraction of sp³-hybridized carbons (Fsp3) is 0.609. The Morgan fingerprint density at radius 1 is 0.840 bits per heavy atom. The van der Waals surface area contributed by atoms with Gasteiger partial charge in [0, 0.05) is 6.54 Å². The maximum absolute atomic E-state index is 11.7. The lowest BCUT2D eigenvalue weighted by Crippen LogP contribution is -2.20. The Bertz CT molecular complexity index is 452. The standard InChI is InChI=1S/C23H37NO/c1-2-3-4-5-6-7-8-9-10-11-12-13-17-20-23(25)24-21-22-18-15-14-16-19-22/h14-20H,2-13,21H2,1H3,(H,24,25). The van der Waals surface area contributed by atoms with Crippen LogP contribution in [0.2, 0.25) is 0 Å². The lowest BCUT2D eigenvalue weighted by Gasteiger charge is -2.02. The van der Waals surface area contributed by atoms with Crippen LogP contribution in [0.5, 0.6) is 0 Å². The van der Waals surface area contributed by atoms with E-state index in [1.807, 2.05) is 36.4 Å². The summed E-state index contributed by atoms with van der Waals surface area (Å²) in [6.07, 6.45) is 19.7. The van der Waals surface area contributed by atoms with Gasteiger partial charge in [-0.1, -0.05) is 108 Å². The lowest BCUT2D eigenvalue weighted by atomic mass is 10.1. The first kappa shape index (κ1) is 21.5. The molecule has 1 rings (SSSR count). The quantitative estimate of drug-likeness (QED) is 0.283. The zero-order valence-electron chi connectivity index (χ0n) is 16.1. The molecule has 1 aromatic carbocycles. The molecule has 1 N–H and O–H groups in total. The van der Waals surface area contributed by atoms with Gasteiger partial charge in [-0.3, -0.25) is 4.79 Å². The van der Waals surface area contributed by atoms with Gasteiger partial charge in [0.2, 0.25) is 5.91 Å². The summed E-state index contributed by atoms with van der Waals surface area (Å²) in [5.41, 5.74) is 1.13. The van der Waals surface area contributed by atoms with Gasteiger partial charge in [0.15, 0.2) is 0 Å². The summed E-state index contributed by atoms with van der Waals surface area (Å²) >= 11 is 0. The minimum atomic E-state index is 0.00641. The second-order valence-electron chi connectivity index (χ2n) is 6.93. The minimum absolute atomic E-state index is 0.00641. The molecule has 2 nitrogen and oxygen atoms in total. The summed E-state index contributed by atoms with van der Waals surface area (Å²) < 4.78 is 0. The zero-order valence-corrected chi connectivity index (χ0v) is 16.1. The number of nitrogens with one attached hydrogen (secondary N) is 1. The second-order valence-corrected chi connectivity index (χ2v) is 6.93. The number of unbranched alkanes of at least 4 members (excludes halogenated alkanes) is 11. The molecule has 0 heterocycles. The number of carbonyl (C=O) groups is 1. The Labute approximate surface area is 155 Å². The van der Waals surface area contributed by atoms with E-state index in [-0.39, 0.29) is 5.91 Å². The Morgan fingerprint density at radius 3 is 2.00 bits per heavy atom. The van der Waals surface area contributed by atoms with Crippen LogP contribution in [0.3, 0.4) is 0 Å². The molecule has 25 heavy (non-hydrogen) atoms. The smallest absolute Gasteiger partial charge is 0.243 e. The van der Waals surface area contributed by atoms with Crippen LogP contribution >= 0.6 is 0 Å². The Hall–Kier alpha value is -1.57. The van der Waals surface area contributed by atoms with E-state index in [9.17, 15) is 4.79 Å². The van der Waals surface area contributed by atoms with E-state index < -0.39 is 0 Å². The zero-order chi connectivity index (χ0) is 18.0. The van der Waals surface area contributed by atoms with Crippen molar-refractivity contribution in [2.75, 3.05) is 0 Å². The number of hydrogen-bond donors (Lipinski definition) is 1. The SMILES string of the molecule is CCCCCCCCCCCCCC=CC(=O)NCc1ccccc1. The molecule has 0 spiro atoms. The van der Waals surface area contributed by atoms with Gasteiger partial charge in [-0.15, -0.1) is 0 Å². The largest absolute Gasteiger partial charge is 0.348 e. The molecule has 0 aromatic heterocycles. The van der Waals surface area contributed by atoms with Crippen molar-refractivity contribution in [1.82, 2.24) is 5.32 Å². The molecule has 1 amide bonds. The van der Waals surface area contributed by atoms with E-state index in [1.165, 1.54) is 70.6 Å². The third kappa shape index (κ3) is 13.4. The van der Waals surface area contributed by atoms with Gasteiger partial charge in [0.1, 0.15) is 0 Å². The number of allylic oxidation sites excluding steroid dienone is 1. The van der Waals surface area contributed by atoms with Gasteiger partial charge in [0.05, 0.1) is 0 Å². The first-order chi connectivity index (χ1) is 12.3. The van der Waals surface area contributed by atoms with Gasteiger partial charge in [-0.25, -0.2) is 0 Å². The molecule has 2 heteroatoms. The molecule has 0 unspecified atom stereocenters. The molecule has 0 saturated carbocycles. The normalized spacial score (nSPS) is 11.1. The van der Waals surface area contributed by atoms with E-state index in [1.54, 1.807) is 6.08 Å². The highest BCUT2D eigenvalue weighted by atomic mass is 16.1. The maximum atomic E-state index is 11.7. The molecule has 140 valence electrons. The molecular formula is C23H37NO. The summed E-state index contributed by atoms with van der Waals surface area (Å²) in [6.45, 7) is 2.87. The average molecular weight is 344 g/mol.